The van der Waals surface area contributed by atoms with Crippen LogP contribution in [0.15, 0.2) is 35.1 Å². The molecular weight excluding hydrogens is 336 g/mol. The summed E-state index contributed by atoms with van der Waals surface area (Å²) >= 11 is 4.91. The van der Waals surface area contributed by atoms with Crippen molar-refractivity contribution >= 4 is 23.8 Å². The summed E-state index contributed by atoms with van der Waals surface area (Å²) in [5.74, 6) is -0.0522. The molecule has 25 heavy (non-hydrogen) atoms. The summed E-state index contributed by atoms with van der Waals surface area (Å²) < 4.78 is 0.304. The fourth-order valence-corrected chi connectivity index (χ4v) is 2.86. The van der Waals surface area contributed by atoms with Crippen LogP contribution in [0.2, 0.25) is 0 Å². The highest BCUT2D eigenvalue weighted by Gasteiger charge is 2.08. The Morgan fingerprint density at radius 3 is 2.64 bits per heavy atom. The van der Waals surface area contributed by atoms with Crippen molar-refractivity contribution in [2.45, 2.75) is 26.2 Å². The molecule has 0 bridgehead atoms. The number of aromatic amines is 2. The van der Waals surface area contributed by atoms with Gasteiger partial charge < -0.3 is 15.2 Å². The number of carbonyl (C=O) groups is 1. The molecule has 0 aliphatic rings. The number of amides is 1. The summed E-state index contributed by atoms with van der Waals surface area (Å²) in [5, 5.41) is 2.90. The van der Waals surface area contributed by atoms with Gasteiger partial charge in [-0.3, -0.25) is 14.6 Å². The maximum atomic E-state index is 12.0. The normalized spacial score (nSPS) is 10.5. The van der Waals surface area contributed by atoms with Gasteiger partial charge in [-0.25, -0.2) is 0 Å². The van der Waals surface area contributed by atoms with E-state index >= 15 is 0 Å². The zero-order chi connectivity index (χ0) is 18.2. The van der Waals surface area contributed by atoms with Crippen molar-refractivity contribution in [1.82, 2.24) is 15.3 Å². The highest BCUT2D eigenvalue weighted by Crippen LogP contribution is 2.10. The lowest BCUT2D eigenvalue weighted by atomic mass is 10.1. The molecule has 7 heteroatoms. The largest absolute Gasteiger partial charge is 0.375 e. The first-order valence-corrected chi connectivity index (χ1v) is 8.73. The third kappa shape index (κ3) is 5.86. The highest BCUT2D eigenvalue weighted by molar-refractivity contribution is 7.71. The van der Waals surface area contributed by atoms with Gasteiger partial charge in [-0.1, -0.05) is 18.2 Å². The Hall–Kier alpha value is -2.41. The van der Waals surface area contributed by atoms with Crippen LogP contribution in [0.4, 0.5) is 5.69 Å². The van der Waals surface area contributed by atoms with Crippen LogP contribution in [0.5, 0.6) is 0 Å². The zero-order valence-corrected chi connectivity index (χ0v) is 15.4. The average Bonchev–Trinajstić information content (AvgIpc) is 2.58. The second kappa shape index (κ2) is 9.17. The van der Waals surface area contributed by atoms with Crippen molar-refractivity contribution in [2.75, 3.05) is 25.0 Å². The van der Waals surface area contributed by atoms with Crippen LogP contribution in [-0.2, 0) is 11.2 Å². The van der Waals surface area contributed by atoms with Gasteiger partial charge in [0.2, 0.25) is 5.91 Å². The molecule has 0 atom stereocenters. The second-order valence-electron chi connectivity index (χ2n) is 5.97. The van der Waals surface area contributed by atoms with Crippen LogP contribution in [0, 0.1) is 11.7 Å². The smallest absolute Gasteiger partial charge is 0.255 e. The van der Waals surface area contributed by atoms with Gasteiger partial charge >= 0.3 is 0 Å². The van der Waals surface area contributed by atoms with Crippen LogP contribution in [0.25, 0.3) is 0 Å². The highest BCUT2D eigenvalue weighted by atomic mass is 32.1. The predicted molar refractivity (Wildman–Crippen MR) is 103 cm³/mol. The second-order valence-corrected chi connectivity index (χ2v) is 6.38. The molecule has 1 heterocycles. The van der Waals surface area contributed by atoms with Gasteiger partial charge in [0.15, 0.2) is 4.77 Å². The first-order chi connectivity index (χ1) is 12.0. The standard InChI is InChI=1S/C18H24N4O2S/c1-13-15(17(24)21-18(25)20-13)9-10-16(23)19-11-6-12-22(2)14-7-4-3-5-8-14/h3-5,7-8H,6,9-12H2,1-2H3,(H,19,23)(H2,20,21,24,25). The predicted octanol–water partition coefficient (Wildman–Crippen LogP) is 2.32. The molecular formula is C18H24N4O2S. The van der Waals surface area contributed by atoms with Crippen LogP contribution in [0.1, 0.15) is 24.1 Å². The van der Waals surface area contributed by atoms with E-state index in [1.54, 1.807) is 6.92 Å². The summed E-state index contributed by atoms with van der Waals surface area (Å²) in [6, 6.07) is 10.1. The van der Waals surface area contributed by atoms with E-state index in [9.17, 15) is 9.59 Å². The van der Waals surface area contributed by atoms with E-state index in [-0.39, 0.29) is 17.9 Å². The van der Waals surface area contributed by atoms with Crippen molar-refractivity contribution in [3.63, 3.8) is 0 Å². The molecule has 1 amide bonds. The van der Waals surface area contributed by atoms with Gasteiger partial charge in [0, 0.05) is 43.5 Å². The van der Waals surface area contributed by atoms with Gasteiger partial charge in [0.1, 0.15) is 0 Å². The molecule has 1 aromatic carbocycles. The third-order valence-corrected chi connectivity index (χ3v) is 4.25. The van der Waals surface area contributed by atoms with Crippen LogP contribution >= 0.6 is 12.2 Å². The SMILES string of the molecule is Cc1[nH]c(=S)[nH]c(=O)c1CCC(=O)NCCCN(C)c1ccccc1. The maximum Gasteiger partial charge on any atom is 0.255 e. The van der Waals surface area contributed by atoms with Gasteiger partial charge in [-0.15, -0.1) is 0 Å². The molecule has 0 aliphatic carbocycles. The van der Waals surface area contributed by atoms with E-state index in [0.29, 0.717) is 29.0 Å². The van der Waals surface area contributed by atoms with E-state index in [0.717, 1.165) is 18.7 Å². The zero-order valence-electron chi connectivity index (χ0n) is 14.6. The number of hydrogen-bond acceptors (Lipinski definition) is 4. The fraction of sp³-hybridized carbons (Fsp3) is 0.389. The third-order valence-electron chi connectivity index (χ3n) is 4.05. The number of aryl methyl sites for hydroxylation is 1. The Morgan fingerprint density at radius 1 is 1.24 bits per heavy atom. The van der Waals surface area contributed by atoms with Crippen molar-refractivity contribution in [3.05, 3.63) is 56.7 Å². The van der Waals surface area contributed by atoms with Crippen molar-refractivity contribution < 1.29 is 4.79 Å². The number of rotatable bonds is 8. The minimum Gasteiger partial charge on any atom is -0.375 e. The molecule has 0 radical (unpaired) electrons. The molecule has 0 aliphatic heterocycles. The Morgan fingerprint density at radius 2 is 1.96 bits per heavy atom. The van der Waals surface area contributed by atoms with Crippen molar-refractivity contribution in [3.8, 4) is 0 Å². The van der Waals surface area contributed by atoms with E-state index in [4.69, 9.17) is 12.2 Å². The molecule has 0 saturated heterocycles. The van der Waals surface area contributed by atoms with E-state index in [2.05, 4.69) is 32.3 Å². The summed E-state index contributed by atoms with van der Waals surface area (Å²) in [5.41, 5.74) is 2.22. The number of nitrogens with one attached hydrogen (secondary N) is 3. The van der Waals surface area contributed by atoms with Crippen molar-refractivity contribution in [2.24, 2.45) is 0 Å². The number of nitrogens with zero attached hydrogens (tertiary/aromatic N) is 1. The van der Waals surface area contributed by atoms with E-state index in [1.165, 1.54) is 0 Å². The summed E-state index contributed by atoms with van der Waals surface area (Å²) in [4.78, 5) is 31.4. The van der Waals surface area contributed by atoms with E-state index in [1.807, 2.05) is 25.2 Å². The van der Waals surface area contributed by atoms with Gasteiger partial charge in [0.05, 0.1) is 0 Å². The quantitative estimate of drug-likeness (QED) is 0.498. The molecule has 2 rings (SSSR count). The number of hydrogen-bond donors (Lipinski definition) is 3. The minimum absolute atomic E-state index is 0.0522. The Bertz CT molecular complexity index is 814. The molecule has 0 unspecified atom stereocenters. The fourth-order valence-electron chi connectivity index (χ4n) is 2.61. The van der Waals surface area contributed by atoms with E-state index < -0.39 is 0 Å². The molecule has 2 aromatic rings. The minimum atomic E-state index is -0.224. The van der Waals surface area contributed by atoms with Crippen LogP contribution in [-0.4, -0.2) is 36.0 Å². The first kappa shape index (κ1) is 18.9. The number of benzene rings is 1. The summed E-state index contributed by atoms with van der Waals surface area (Å²) in [6.07, 6.45) is 1.53. The molecule has 1 aromatic heterocycles. The Labute approximate surface area is 152 Å². The molecule has 3 N–H and O–H groups in total. The average molecular weight is 360 g/mol. The first-order valence-electron chi connectivity index (χ1n) is 8.32. The molecule has 0 fully saturated rings. The summed E-state index contributed by atoms with van der Waals surface area (Å²) in [7, 11) is 2.03. The molecule has 0 saturated carbocycles. The lowest BCUT2D eigenvalue weighted by molar-refractivity contribution is -0.121. The maximum absolute atomic E-state index is 12.0. The topological polar surface area (TPSA) is 81.0 Å². The number of para-hydroxylation sites is 1. The number of carbonyl (C=O) groups excluding carboxylic acids is 1. The monoisotopic (exact) mass is 360 g/mol. The number of H-pyrrole nitrogens is 2. The van der Waals surface area contributed by atoms with Gasteiger partial charge in [0.25, 0.3) is 5.56 Å². The Kier molecular flexibility index (Phi) is 6.94. The lowest BCUT2D eigenvalue weighted by Gasteiger charge is -2.19. The molecule has 134 valence electrons. The van der Waals surface area contributed by atoms with Gasteiger partial charge in [-0.05, 0) is 44.1 Å². The van der Waals surface area contributed by atoms with Crippen LogP contribution in [0.3, 0.4) is 0 Å². The Balaban J connectivity index is 1.71. The number of aromatic nitrogens is 2. The lowest BCUT2D eigenvalue weighted by Crippen LogP contribution is -2.29. The van der Waals surface area contributed by atoms with Gasteiger partial charge in [-0.2, -0.15) is 0 Å². The summed E-state index contributed by atoms with van der Waals surface area (Å²) in [6.45, 7) is 3.26. The number of anilines is 1. The van der Waals surface area contributed by atoms with Crippen molar-refractivity contribution in [1.29, 1.82) is 0 Å². The van der Waals surface area contributed by atoms with Crippen LogP contribution < -0.4 is 15.8 Å². The molecule has 0 spiro atoms. The molecule has 6 nitrogen and oxygen atoms in total.